The van der Waals surface area contributed by atoms with Crippen molar-refractivity contribution < 1.29 is 13.5 Å². The zero-order chi connectivity index (χ0) is 13.3. The predicted octanol–water partition coefficient (Wildman–Crippen LogP) is 3.05. The standard InChI is InChI=1S/C10H11BrCl2O3S/c1-2-17(15,16)10(12,13)9(14)7-3-5-8(11)6-4-7/h3-6,9,14H,2H2,1H3. The molecule has 0 saturated heterocycles. The lowest BCUT2D eigenvalue weighted by Gasteiger charge is -2.25. The van der Waals surface area contributed by atoms with Gasteiger partial charge in [-0.05, 0) is 17.7 Å². The Morgan fingerprint density at radius 2 is 1.82 bits per heavy atom. The number of rotatable bonds is 4. The average Bonchev–Trinajstić information content (AvgIpc) is 2.28. The highest BCUT2D eigenvalue weighted by atomic mass is 79.9. The molecule has 1 rings (SSSR count). The third-order valence-electron chi connectivity index (χ3n) is 2.30. The van der Waals surface area contributed by atoms with Crippen molar-refractivity contribution in [3.63, 3.8) is 0 Å². The maximum absolute atomic E-state index is 11.7. The van der Waals surface area contributed by atoms with Crippen LogP contribution < -0.4 is 0 Å². The van der Waals surface area contributed by atoms with Crippen LogP contribution in [0.2, 0.25) is 0 Å². The van der Waals surface area contributed by atoms with Gasteiger partial charge >= 0.3 is 0 Å². The molecule has 0 amide bonds. The Morgan fingerprint density at radius 3 is 2.24 bits per heavy atom. The molecular weight excluding hydrogens is 351 g/mol. The maximum Gasteiger partial charge on any atom is 0.247 e. The van der Waals surface area contributed by atoms with Crippen LogP contribution in [-0.2, 0) is 9.84 Å². The minimum atomic E-state index is -3.79. The topological polar surface area (TPSA) is 54.4 Å². The molecule has 0 saturated carbocycles. The molecule has 1 N–H and O–H groups in total. The van der Waals surface area contributed by atoms with E-state index >= 15 is 0 Å². The van der Waals surface area contributed by atoms with Crippen molar-refractivity contribution in [3.05, 3.63) is 34.3 Å². The number of hydrogen-bond donors (Lipinski definition) is 1. The minimum absolute atomic E-state index is 0.242. The van der Waals surface area contributed by atoms with E-state index in [1.807, 2.05) is 0 Å². The van der Waals surface area contributed by atoms with E-state index in [9.17, 15) is 13.5 Å². The predicted molar refractivity (Wildman–Crippen MR) is 73.0 cm³/mol. The summed E-state index contributed by atoms with van der Waals surface area (Å²) < 4.78 is 21.9. The van der Waals surface area contributed by atoms with Gasteiger partial charge in [-0.25, -0.2) is 8.42 Å². The molecule has 0 spiro atoms. The fourth-order valence-electron chi connectivity index (χ4n) is 1.20. The molecule has 0 aliphatic rings. The summed E-state index contributed by atoms with van der Waals surface area (Å²) in [5, 5.41) is 9.95. The smallest absolute Gasteiger partial charge is 0.247 e. The lowest BCUT2D eigenvalue weighted by Crippen LogP contribution is -2.34. The molecule has 1 unspecified atom stereocenters. The van der Waals surface area contributed by atoms with Gasteiger partial charge in [-0.15, -0.1) is 0 Å². The van der Waals surface area contributed by atoms with Crippen LogP contribution in [0.4, 0.5) is 0 Å². The van der Waals surface area contributed by atoms with Gasteiger partial charge in [0.15, 0.2) is 9.84 Å². The summed E-state index contributed by atoms with van der Waals surface area (Å²) in [6.07, 6.45) is -1.50. The number of benzene rings is 1. The quantitative estimate of drug-likeness (QED) is 0.838. The van der Waals surface area contributed by atoms with E-state index in [1.54, 1.807) is 24.3 Å². The molecule has 96 valence electrons. The normalized spacial score (nSPS) is 14.6. The van der Waals surface area contributed by atoms with Crippen molar-refractivity contribution in [2.45, 2.75) is 16.7 Å². The highest BCUT2D eigenvalue weighted by molar-refractivity contribution is 9.10. The first-order chi connectivity index (χ1) is 7.72. The Hall–Kier alpha value is 0.190. The molecule has 0 bridgehead atoms. The van der Waals surface area contributed by atoms with Gasteiger partial charge in [-0.1, -0.05) is 58.2 Å². The number of aliphatic hydroxyl groups is 1. The fraction of sp³-hybridized carbons (Fsp3) is 0.400. The molecule has 1 atom stereocenters. The van der Waals surface area contributed by atoms with Gasteiger partial charge in [0, 0.05) is 4.47 Å². The number of hydrogen-bond acceptors (Lipinski definition) is 3. The maximum atomic E-state index is 11.7. The number of halogens is 3. The summed E-state index contributed by atoms with van der Waals surface area (Å²) in [5.74, 6) is -0.242. The van der Waals surface area contributed by atoms with Crippen molar-refractivity contribution >= 4 is 49.0 Å². The van der Waals surface area contributed by atoms with Crippen LogP contribution in [-0.4, -0.2) is 22.9 Å². The van der Waals surface area contributed by atoms with Crippen LogP contribution in [0.5, 0.6) is 0 Å². The molecule has 7 heteroatoms. The first-order valence-electron chi connectivity index (χ1n) is 4.76. The van der Waals surface area contributed by atoms with E-state index in [0.29, 0.717) is 5.56 Å². The summed E-state index contributed by atoms with van der Waals surface area (Å²) in [6.45, 7) is 1.42. The minimum Gasteiger partial charge on any atom is -0.384 e. The Morgan fingerprint density at radius 1 is 1.35 bits per heavy atom. The van der Waals surface area contributed by atoms with Crippen molar-refractivity contribution in [3.8, 4) is 0 Å². The second kappa shape index (κ2) is 5.45. The van der Waals surface area contributed by atoms with Gasteiger partial charge in [0.1, 0.15) is 6.10 Å². The Balaban J connectivity index is 3.12. The van der Waals surface area contributed by atoms with Crippen molar-refractivity contribution in [2.24, 2.45) is 0 Å². The van der Waals surface area contributed by atoms with E-state index in [-0.39, 0.29) is 5.75 Å². The van der Waals surface area contributed by atoms with Crippen molar-refractivity contribution in [2.75, 3.05) is 5.75 Å². The zero-order valence-corrected chi connectivity index (χ0v) is 12.8. The highest BCUT2D eigenvalue weighted by Crippen LogP contribution is 2.41. The summed E-state index contributed by atoms with van der Waals surface area (Å²) >= 11 is 14.8. The number of sulfone groups is 1. The summed E-state index contributed by atoms with van der Waals surface area (Å²) in [6, 6.07) is 6.45. The van der Waals surface area contributed by atoms with E-state index in [1.165, 1.54) is 6.92 Å². The van der Waals surface area contributed by atoms with Gasteiger partial charge in [0.25, 0.3) is 0 Å². The van der Waals surface area contributed by atoms with Gasteiger partial charge in [-0.3, -0.25) is 0 Å². The molecule has 17 heavy (non-hydrogen) atoms. The Labute approximate surface area is 119 Å². The largest absolute Gasteiger partial charge is 0.384 e. The molecule has 0 aliphatic heterocycles. The van der Waals surface area contributed by atoms with Crippen LogP contribution in [0.3, 0.4) is 0 Å². The molecule has 0 aliphatic carbocycles. The van der Waals surface area contributed by atoms with Gasteiger partial charge < -0.3 is 5.11 Å². The molecule has 0 radical (unpaired) electrons. The van der Waals surface area contributed by atoms with Crippen LogP contribution in [0, 0.1) is 0 Å². The zero-order valence-electron chi connectivity index (χ0n) is 8.90. The lowest BCUT2D eigenvalue weighted by molar-refractivity contribution is 0.181. The SMILES string of the molecule is CCS(=O)(=O)C(Cl)(Cl)C(O)c1ccc(Br)cc1. The fourth-order valence-corrected chi connectivity index (χ4v) is 3.23. The number of alkyl halides is 2. The van der Waals surface area contributed by atoms with Gasteiger partial charge in [-0.2, -0.15) is 0 Å². The van der Waals surface area contributed by atoms with Crippen LogP contribution in [0.25, 0.3) is 0 Å². The second-order valence-corrected chi connectivity index (χ2v) is 8.62. The molecule has 3 nitrogen and oxygen atoms in total. The highest BCUT2D eigenvalue weighted by Gasteiger charge is 2.46. The van der Waals surface area contributed by atoms with E-state index < -0.39 is 19.6 Å². The molecular formula is C10H11BrCl2O3S. The Kier molecular flexibility index (Phi) is 4.88. The molecule has 0 heterocycles. The third-order valence-corrected chi connectivity index (χ3v) is 6.46. The molecule has 1 aromatic carbocycles. The second-order valence-electron chi connectivity index (χ2n) is 3.42. The third kappa shape index (κ3) is 3.15. The van der Waals surface area contributed by atoms with Crippen LogP contribution in [0.1, 0.15) is 18.6 Å². The van der Waals surface area contributed by atoms with E-state index in [2.05, 4.69) is 15.9 Å². The summed E-state index contributed by atoms with van der Waals surface area (Å²) in [7, 11) is -3.79. The first kappa shape index (κ1) is 15.2. The van der Waals surface area contributed by atoms with E-state index in [0.717, 1.165) is 4.47 Å². The monoisotopic (exact) mass is 360 g/mol. The van der Waals surface area contributed by atoms with Crippen LogP contribution >= 0.6 is 39.1 Å². The van der Waals surface area contributed by atoms with E-state index in [4.69, 9.17) is 23.2 Å². The van der Waals surface area contributed by atoms with Crippen molar-refractivity contribution in [1.82, 2.24) is 0 Å². The average molecular weight is 362 g/mol. The molecule has 1 aromatic rings. The molecule has 0 fully saturated rings. The van der Waals surface area contributed by atoms with Gasteiger partial charge in [0.05, 0.1) is 5.75 Å². The lowest BCUT2D eigenvalue weighted by atomic mass is 10.1. The van der Waals surface area contributed by atoms with Crippen LogP contribution in [0.15, 0.2) is 28.7 Å². The first-order valence-corrected chi connectivity index (χ1v) is 7.96. The Bertz CT molecular complexity index is 485. The van der Waals surface area contributed by atoms with Gasteiger partial charge in [0.2, 0.25) is 3.67 Å². The van der Waals surface area contributed by atoms with Crippen molar-refractivity contribution in [1.29, 1.82) is 0 Å². The summed E-state index contributed by atoms with van der Waals surface area (Å²) in [5.41, 5.74) is 0.343. The molecule has 0 aromatic heterocycles. The number of aliphatic hydroxyl groups excluding tert-OH is 1. The summed E-state index contributed by atoms with van der Waals surface area (Å²) in [4.78, 5) is 0.